The number of aromatic nitrogens is 4. The van der Waals surface area contributed by atoms with Crippen molar-refractivity contribution in [3.05, 3.63) is 5.82 Å². The highest BCUT2D eigenvalue weighted by Gasteiger charge is 2.38. The molecule has 0 saturated carbocycles. The summed E-state index contributed by atoms with van der Waals surface area (Å²) in [6, 6.07) is 0. The third-order valence-electron chi connectivity index (χ3n) is 4.17. The van der Waals surface area contributed by atoms with Crippen LogP contribution in [0.5, 0.6) is 0 Å². The second kappa shape index (κ2) is 6.30. The lowest BCUT2D eigenvalue weighted by Gasteiger charge is -2.18. The van der Waals surface area contributed by atoms with Gasteiger partial charge in [-0.05, 0) is 42.2 Å². The van der Waals surface area contributed by atoms with Crippen LogP contribution in [0.1, 0.15) is 26.1 Å². The molecular formula is C13H23N5O2. The molecule has 20 heavy (non-hydrogen) atoms. The molecule has 0 spiro atoms. The van der Waals surface area contributed by atoms with E-state index in [0.717, 1.165) is 31.9 Å². The Morgan fingerprint density at radius 1 is 1.40 bits per heavy atom. The number of tetrazole rings is 1. The predicted octanol–water partition coefficient (Wildman–Crippen LogP) is 0.660. The van der Waals surface area contributed by atoms with E-state index >= 15 is 0 Å². The molecule has 1 aromatic heterocycles. The summed E-state index contributed by atoms with van der Waals surface area (Å²) < 4.78 is 1.78. The highest BCUT2D eigenvalue weighted by molar-refractivity contribution is 5.71. The zero-order valence-corrected chi connectivity index (χ0v) is 12.4. The number of likely N-dealkylation sites (tertiary alicyclic amines) is 1. The minimum Gasteiger partial charge on any atom is -0.481 e. The first-order chi connectivity index (χ1) is 9.49. The average Bonchev–Trinajstić information content (AvgIpc) is 2.97. The maximum atomic E-state index is 11.3. The SMILES string of the molecule is Cc1nnnn1CCCN1CC(C(=O)O)C(C(C)C)C1. The third kappa shape index (κ3) is 3.33. The lowest BCUT2D eigenvalue weighted by atomic mass is 9.86. The van der Waals surface area contributed by atoms with Crippen LogP contribution in [0.2, 0.25) is 0 Å². The van der Waals surface area contributed by atoms with Gasteiger partial charge < -0.3 is 10.0 Å². The highest BCUT2D eigenvalue weighted by atomic mass is 16.4. The first kappa shape index (κ1) is 14.9. The van der Waals surface area contributed by atoms with Crippen LogP contribution in [-0.2, 0) is 11.3 Å². The van der Waals surface area contributed by atoms with E-state index in [-0.39, 0.29) is 11.8 Å². The van der Waals surface area contributed by atoms with Crippen molar-refractivity contribution < 1.29 is 9.90 Å². The van der Waals surface area contributed by atoms with E-state index in [2.05, 4.69) is 34.3 Å². The van der Waals surface area contributed by atoms with E-state index in [1.165, 1.54) is 0 Å². The van der Waals surface area contributed by atoms with E-state index in [1.54, 1.807) is 4.68 Å². The lowest BCUT2D eigenvalue weighted by Crippen LogP contribution is -2.25. The Morgan fingerprint density at radius 2 is 2.15 bits per heavy atom. The molecule has 112 valence electrons. The topological polar surface area (TPSA) is 84.1 Å². The Kier molecular flexibility index (Phi) is 4.69. The number of carboxylic acid groups (broad SMARTS) is 1. The number of carbonyl (C=O) groups is 1. The van der Waals surface area contributed by atoms with E-state index in [9.17, 15) is 9.90 Å². The zero-order chi connectivity index (χ0) is 14.7. The minimum atomic E-state index is -0.664. The molecule has 2 heterocycles. The average molecular weight is 281 g/mol. The van der Waals surface area contributed by atoms with Crippen molar-refractivity contribution in [2.45, 2.75) is 33.7 Å². The van der Waals surface area contributed by atoms with Gasteiger partial charge in [0.25, 0.3) is 0 Å². The van der Waals surface area contributed by atoms with E-state index < -0.39 is 5.97 Å². The lowest BCUT2D eigenvalue weighted by molar-refractivity contribution is -0.143. The van der Waals surface area contributed by atoms with Crippen molar-refractivity contribution in [3.8, 4) is 0 Å². The van der Waals surface area contributed by atoms with Crippen molar-refractivity contribution in [2.75, 3.05) is 19.6 Å². The van der Waals surface area contributed by atoms with Gasteiger partial charge in [-0.1, -0.05) is 13.8 Å². The van der Waals surface area contributed by atoms with Crippen LogP contribution in [0.15, 0.2) is 0 Å². The summed E-state index contributed by atoms with van der Waals surface area (Å²) in [5, 5.41) is 20.7. The molecule has 0 amide bonds. The first-order valence-corrected chi connectivity index (χ1v) is 7.17. The third-order valence-corrected chi connectivity index (χ3v) is 4.17. The summed E-state index contributed by atoms with van der Waals surface area (Å²) in [5.74, 6) is 0.576. The molecule has 7 nitrogen and oxygen atoms in total. The molecule has 1 aliphatic rings. The standard InChI is InChI=1S/C13H23N5O2/c1-9(2)11-7-17(8-12(11)13(19)20)5-4-6-18-10(3)14-15-16-18/h9,11-12H,4-8H2,1-3H3,(H,19,20). The molecule has 0 aliphatic carbocycles. The van der Waals surface area contributed by atoms with Crippen LogP contribution in [0.3, 0.4) is 0 Å². The Hall–Kier alpha value is -1.50. The molecule has 0 radical (unpaired) electrons. The summed E-state index contributed by atoms with van der Waals surface area (Å²) in [4.78, 5) is 13.6. The van der Waals surface area contributed by atoms with Gasteiger partial charge in [0.15, 0.2) is 0 Å². The molecule has 0 aromatic carbocycles. The summed E-state index contributed by atoms with van der Waals surface area (Å²) in [6.45, 7) is 9.30. The van der Waals surface area contributed by atoms with Crippen molar-refractivity contribution >= 4 is 5.97 Å². The number of carboxylic acids is 1. The number of aliphatic carboxylic acids is 1. The van der Waals surface area contributed by atoms with Gasteiger partial charge in [-0.2, -0.15) is 0 Å². The molecule has 1 aliphatic heterocycles. The van der Waals surface area contributed by atoms with E-state index in [1.807, 2.05) is 6.92 Å². The van der Waals surface area contributed by atoms with Crippen LogP contribution < -0.4 is 0 Å². The molecule has 7 heteroatoms. The number of hydrogen-bond acceptors (Lipinski definition) is 5. The molecule has 0 bridgehead atoms. The van der Waals surface area contributed by atoms with Crippen LogP contribution in [0.25, 0.3) is 0 Å². The van der Waals surface area contributed by atoms with Gasteiger partial charge in [0.1, 0.15) is 5.82 Å². The predicted molar refractivity (Wildman–Crippen MR) is 73.1 cm³/mol. The molecule has 1 aromatic rings. The van der Waals surface area contributed by atoms with Crippen molar-refractivity contribution in [2.24, 2.45) is 17.8 Å². The maximum absolute atomic E-state index is 11.3. The molecule has 1 saturated heterocycles. The summed E-state index contributed by atoms with van der Waals surface area (Å²) in [5.41, 5.74) is 0. The fourth-order valence-corrected chi connectivity index (χ4v) is 2.93. The van der Waals surface area contributed by atoms with Gasteiger partial charge in [0, 0.05) is 19.6 Å². The van der Waals surface area contributed by atoms with Gasteiger partial charge in [-0.25, -0.2) is 4.68 Å². The molecule has 1 N–H and O–H groups in total. The fraction of sp³-hybridized carbons (Fsp3) is 0.846. The minimum absolute atomic E-state index is 0.232. The van der Waals surface area contributed by atoms with Crippen LogP contribution >= 0.6 is 0 Å². The molecule has 1 fully saturated rings. The van der Waals surface area contributed by atoms with Crippen molar-refractivity contribution in [1.29, 1.82) is 0 Å². The Labute approximate surface area is 119 Å². The molecular weight excluding hydrogens is 258 g/mol. The monoisotopic (exact) mass is 281 g/mol. The first-order valence-electron chi connectivity index (χ1n) is 7.17. The van der Waals surface area contributed by atoms with E-state index in [0.29, 0.717) is 12.5 Å². The summed E-state index contributed by atoms with van der Waals surface area (Å²) >= 11 is 0. The number of rotatable bonds is 6. The fourth-order valence-electron chi connectivity index (χ4n) is 2.93. The van der Waals surface area contributed by atoms with Crippen molar-refractivity contribution in [3.63, 3.8) is 0 Å². The Bertz CT molecular complexity index is 459. The maximum Gasteiger partial charge on any atom is 0.308 e. The van der Waals surface area contributed by atoms with Gasteiger partial charge >= 0.3 is 5.97 Å². The number of nitrogens with zero attached hydrogens (tertiary/aromatic N) is 5. The molecule has 2 atom stereocenters. The molecule has 2 rings (SSSR count). The van der Waals surface area contributed by atoms with Crippen LogP contribution in [-0.4, -0.2) is 55.8 Å². The zero-order valence-electron chi connectivity index (χ0n) is 12.4. The normalized spacial score (nSPS) is 23.6. The van der Waals surface area contributed by atoms with Crippen LogP contribution in [0, 0.1) is 24.7 Å². The van der Waals surface area contributed by atoms with Gasteiger partial charge in [0.2, 0.25) is 0 Å². The van der Waals surface area contributed by atoms with Crippen molar-refractivity contribution in [1.82, 2.24) is 25.1 Å². The van der Waals surface area contributed by atoms with Gasteiger partial charge in [-0.15, -0.1) is 5.10 Å². The van der Waals surface area contributed by atoms with Gasteiger partial charge in [0.05, 0.1) is 5.92 Å². The molecule has 2 unspecified atom stereocenters. The number of hydrogen-bond donors (Lipinski definition) is 1. The second-order valence-electron chi connectivity index (χ2n) is 5.91. The number of aryl methyl sites for hydroxylation is 2. The quantitative estimate of drug-likeness (QED) is 0.824. The van der Waals surface area contributed by atoms with E-state index in [4.69, 9.17) is 0 Å². The Balaban J connectivity index is 1.82. The van der Waals surface area contributed by atoms with Crippen LogP contribution in [0.4, 0.5) is 0 Å². The summed E-state index contributed by atoms with van der Waals surface area (Å²) in [7, 11) is 0. The Morgan fingerprint density at radius 3 is 2.65 bits per heavy atom. The highest BCUT2D eigenvalue weighted by Crippen LogP contribution is 2.29. The summed E-state index contributed by atoms with van der Waals surface area (Å²) in [6.07, 6.45) is 0.934. The van der Waals surface area contributed by atoms with Gasteiger partial charge in [-0.3, -0.25) is 4.79 Å². The second-order valence-corrected chi connectivity index (χ2v) is 5.91. The largest absolute Gasteiger partial charge is 0.481 e. The smallest absolute Gasteiger partial charge is 0.308 e.